The highest BCUT2D eigenvalue weighted by Crippen LogP contribution is 2.17. The van der Waals surface area contributed by atoms with Gasteiger partial charge in [0, 0.05) is 11.8 Å². The van der Waals surface area contributed by atoms with Crippen molar-refractivity contribution in [2.24, 2.45) is 0 Å². The number of hydrogen-bond donors (Lipinski definition) is 3. The molecule has 0 aliphatic heterocycles. The number of nitrogens with zero attached hydrogens (tertiary/aromatic N) is 1. The van der Waals surface area contributed by atoms with Gasteiger partial charge in [0.05, 0.1) is 0 Å². The maximum absolute atomic E-state index is 12.7. The van der Waals surface area contributed by atoms with Gasteiger partial charge in [-0.2, -0.15) is 0 Å². The summed E-state index contributed by atoms with van der Waals surface area (Å²) in [7, 11) is 0. The van der Waals surface area contributed by atoms with E-state index in [0.29, 0.717) is 0 Å². The molecule has 0 unspecified atom stereocenters. The number of amides is 1. The van der Waals surface area contributed by atoms with Crippen molar-refractivity contribution in [3.8, 4) is 5.75 Å². The molecule has 0 aliphatic carbocycles. The highest BCUT2D eigenvalue weighted by atomic mass is 32.1. The first kappa shape index (κ1) is 13.9. The number of benzene rings is 1. The number of carbonyl (C=O) groups excluding carboxylic acids is 1. The first-order chi connectivity index (χ1) is 9.56. The zero-order valence-corrected chi connectivity index (χ0v) is 10.9. The molecular formula is C13H10FN3O2S. The zero-order valence-electron chi connectivity index (χ0n) is 10.1. The molecule has 1 heterocycles. The van der Waals surface area contributed by atoms with Crippen LogP contribution < -0.4 is 10.6 Å². The molecule has 1 aromatic carbocycles. The summed E-state index contributed by atoms with van der Waals surface area (Å²) < 4.78 is 12.7. The van der Waals surface area contributed by atoms with Crippen molar-refractivity contribution in [3.05, 3.63) is 54.0 Å². The summed E-state index contributed by atoms with van der Waals surface area (Å²) in [6.45, 7) is 0. The van der Waals surface area contributed by atoms with E-state index in [1.165, 1.54) is 36.5 Å². The normalized spacial score (nSPS) is 9.85. The quantitative estimate of drug-likeness (QED) is 0.739. The molecule has 7 heteroatoms. The van der Waals surface area contributed by atoms with E-state index >= 15 is 0 Å². The average molecular weight is 291 g/mol. The van der Waals surface area contributed by atoms with Crippen LogP contribution in [0.25, 0.3) is 0 Å². The lowest BCUT2D eigenvalue weighted by Crippen LogP contribution is -2.34. The molecule has 2 aromatic rings. The van der Waals surface area contributed by atoms with E-state index in [4.69, 9.17) is 12.2 Å². The molecule has 0 atom stereocenters. The summed E-state index contributed by atoms with van der Waals surface area (Å²) in [6, 6.07) is 8.02. The minimum absolute atomic E-state index is 0.0201. The molecule has 3 N–H and O–H groups in total. The van der Waals surface area contributed by atoms with Crippen LogP contribution in [-0.2, 0) is 0 Å². The fraction of sp³-hybridized carbons (Fsp3) is 0. The number of rotatable bonds is 2. The van der Waals surface area contributed by atoms with Crippen LogP contribution >= 0.6 is 12.2 Å². The Bertz CT molecular complexity index is 646. The summed E-state index contributed by atoms with van der Waals surface area (Å²) in [5.74, 6) is -0.874. The van der Waals surface area contributed by atoms with Gasteiger partial charge in [-0.1, -0.05) is 0 Å². The molecule has 1 amide bonds. The van der Waals surface area contributed by atoms with E-state index in [2.05, 4.69) is 15.6 Å². The smallest absolute Gasteiger partial charge is 0.257 e. The highest BCUT2D eigenvalue weighted by Gasteiger charge is 2.09. The third-order valence-corrected chi connectivity index (χ3v) is 2.56. The van der Waals surface area contributed by atoms with Gasteiger partial charge >= 0.3 is 0 Å². The molecule has 0 spiro atoms. The molecule has 5 nitrogen and oxygen atoms in total. The van der Waals surface area contributed by atoms with Crippen LogP contribution in [0.4, 0.5) is 10.2 Å². The summed E-state index contributed by atoms with van der Waals surface area (Å²) in [4.78, 5) is 15.7. The monoisotopic (exact) mass is 291 g/mol. The third-order valence-electron chi connectivity index (χ3n) is 2.35. The summed E-state index contributed by atoms with van der Waals surface area (Å²) in [5, 5.41) is 14.5. The van der Waals surface area contributed by atoms with Crippen LogP contribution in [0.15, 0.2) is 42.6 Å². The lowest BCUT2D eigenvalue weighted by Gasteiger charge is -2.09. The van der Waals surface area contributed by atoms with Gasteiger partial charge in [0.25, 0.3) is 5.91 Å². The van der Waals surface area contributed by atoms with Gasteiger partial charge in [0.15, 0.2) is 16.7 Å². The average Bonchev–Trinajstić information content (AvgIpc) is 2.42. The number of hydrogen-bond acceptors (Lipinski definition) is 4. The lowest BCUT2D eigenvalue weighted by molar-refractivity contribution is 0.0977. The van der Waals surface area contributed by atoms with Crippen LogP contribution in [0.3, 0.4) is 0 Å². The molecule has 0 fully saturated rings. The second-order valence-electron chi connectivity index (χ2n) is 3.79. The highest BCUT2D eigenvalue weighted by molar-refractivity contribution is 7.80. The van der Waals surface area contributed by atoms with E-state index < -0.39 is 11.7 Å². The predicted molar refractivity (Wildman–Crippen MR) is 76.0 cm³/mol. The Morgan fingerprint density at radius 3 is 2.60 bits per heavy atom. The first-order valence-corrected chi connectivity index (χ1v) is 5.99. The van der Waals surface area contributed by atoms with Crippen molar-refractivity contribution >= 4 is 29.1 Å². The molecule has 0 saturated carbocycles. The maximum Gasteiger partial charge on any atom is 0.257 e. The first-order valence-electron chi connectivity index (χ1n) is 5.58. The Morgan fingerprint density at radius 1 is 1.25 bits per heavy atom. The number of pyridine rings is 1. The number of carbonyl (C=O) groups is 1. The van der Waals surface area contributed by atoms with Crippen molar-refractivity contribution in [2.45, 2.75) is 0 Å². The minimum Gasteiger partial charge on any atom is -0.504 e. The Hall–Kier alpha value is -2.54. The SMILES string of the molecule is O=C(NC(=S)Nc1ncccc1O)c1ccc(F)cc1. The van der Waals surface area contributed by atoms with Crippen molar-refractivity contribution < 1.29 is 14.3 Å². The van der Waals surface area contributed by atoms with Crippen LogP contribution in [0, 0.1) is 5.82 Å². The Kier molecular flexibility index (Phi) is 4.21. The van der Waals surface area contributed by atoms with Crippen LogP contribution in [-0.4, -0.2) is 21.1 Å². The number of aromatic nitrogens is 1. The number of aromatic hydroxyl groups is 1. The summed E-state index contributed by atoms with van der Waals surface area (Å²) in [6.07, 6.45) is 1.46. The second kappa shape index (κ2) is 6.07. The number of anilines is 1. The molecule has 0 bridgehead atoms. The molecular weight excluding hydrogens is 281 g/mol. The zero-order chi connectivity index (χ0) is 14.5. The minimum atomic E-state index is -0.488. The van der Waals surface area contributed by atoms with Crippen molar-refractivity contribution in [2.75, 3.05) is 5.32 Å². The van der Waals surface area contributed by atoms with Gasteiger partial charge in [0.1, 0.15) is 5.82 Å². The molecule has 2 rings (SSSR count). The molecule has 0 aliphatic rings. The molecule has 1 aromatic heterocycles. The summed E-state index contributed by atoms with van der Waals surface area (Å²) >= 11 is 4.93. The predicted octanol–water partition coefficient (Wildman–Crippen LogP) is 2.05. The Morgan fingerprint density at radius 2 is 1.95 bits per heavy atom. The van der Waals surface area contributed by atoms with E-state index in [0.717, 1.165) is 0 Å². The maximum atomic E-state index is 12.7. The van der Waals surface area contributed by atoms with E-state index in [1.54, 1.807) is 6.07 Å². The molecule has 20 heavy (non-hydrogen) atoms. The fourth-order valence-electron chi connectivity index (χ4n) is 1.41. The van der Waals surface area contributed by atoms with Gasteiger partial charge < -0.3 is 10.4 Å². The molecule has 0 radical (unpaired) electrons. The van der Waals surface area contributed by atoms with Gasteiger partial charge in [-0.3, -0.25) is 10.1 Å². The largest absolute Gasteiger partial charge is 0.504 e. The Balaban J connectivity index is 2.00. The third kappa shape index (κ3) is 3.48. The van der Waals surface area contributed by atoms with Crippen molar-refractivity contribution in [1.29, 1.82) is 0 Å². The lowest BCUT2D eigenvalue weighted by atomic mass is 10.2. The number of thiocarbonyl (C=S) groups is 1. The van der Waals surface area contributed by atoms with E-state index in [9.17, 15) is 14.3 Å². The van der Waals surface area contributed by atoms with Gasteiger partial charge in [0.2, 0.25) is 0 Å². The van der Waals surface area contributed by atoms with Crippen LogP contribution in [0.1, 0.15) is 10.4 Å². The van der Waals surface area contributed by atoms with Gasteiger partial charge in [-0.15, -0.1) is 0 Å². The van der Waals surface area contributed by atoms with E-state index in [1.807, 2.05) is 0 Å². The fourth-order valence-corrected chi connectivity index (χ4v) is 1.60. The van der Waals surface area contributed by atoms with E-state index in [-0.39, 0.29) is 22.2 Å². The summed E-state index contributed by atoms with van der Waals surface area (Å²) in [5.41, 5.74) is 0.265. The second-order valence-corrected chi connectivity index (χ2v) is 4.19. The molecule has 0 saturated heterocycles. The Labute approximate surface area is 119 Å². The molecule has 102 valence electrons. The van der Waals surface area contributed by atoms with Gasteiger partial charge in [-0.05, 0) is 48.6 Å². The number of nitrogens with one attached hydrogen (secondary N) is 2. The number of halogens is 1. The topological polar surface area (TPSA) is 74.2 Å². The van der Waals surface area contributed by atoms with Gasteiger partial charge in [-0.25, -0.2) is 9.37 Å². The van der Waals surface area contributed by atoms with Crippen molar-refractivity contribution in [1.82, 2.24) is 10.3 Å². The standard InChI is InChI=1S/C13H10FN3O2S/c14-9-5-3-8(4-6-9)12(19)17-13(20)16-11-10(18)2-1-7-15-11/h1-7,18H,(H2,15,16,17,19,20). The van der Waals surface area contributed by atoms with Crippen LogP contribution in [0.5, 0.6) is 5.75 Å². The van der Waals surface area contributed by atoms with Crippen LogP contribution in [0.2, 0.25) is 0 Å². The van der Waals surface area contributed by atoms with Crippen molar-refractivity contribution in [3.63, 3.8) is 0 Å².